The molecule has 5 heteroatoms. The third-order valence-corrected chi connectivity index (χ3v) is 4.78. The molecule has 1 saturated carbocycles. The normalized spacial score (nSPS) is 20.4. The molecule has 0 heterocycles. The predicted molar refractivity (Wildman–Crippen MR) is 99.6 cm³/mol. The molecule has 0 radical (unpaired) electrons. The second kappa shape index (κ2) is 8.37. The number of hydrogen-bond acceptors (Lipinski definition) is 3. The molecule has 2 aromatic rings. The molecule has 3 rings (SSSR count). The molecule has 1 aliphatic rings. The van der Waals surface area contributed by atoms with Crippen LogP contribution in [0.25, 0.3) is 0 Å². The average Bonchev–Trinajstić information content (AvgIpc) is 2.59. The third-order valence-electron chi connectivity index (χ3n) is 4.53. The van der Waals surface area contributed by atoms with Gasteiger partial charge in [0.2, 0.25) is 0 Å². The molecule has 2 aromatic carbocycles. The van der Waals surface area contributed by atoms with Gasteiger partial charge in [-0.25, -0.2) is 4.79 Å². The number of rotatable bonds is 6. The first kappa shape index (κ1) is 17.8. The van der Waals surface area contributed by atoms with Crippen LogP contribution < -0.4 is 10.6 Å². The van der Waals surface area contributed by atoms with Crippen molar-refractivity contribution in [3.05, 3.63) is 70.7 Å². The zero-order valence-corrected chi connectivity index (χ0v) is 15.0. The number of benzene rings is 2. The molecule has 0 spiro atoms. The molecule has 0 aromatic heterocycles. The summed E-state index contributed by atoms with van der Waals surface area (Å²) < 4.78 is 5.25. The number of carbonyl (C=O) groups excluding carboxylic acids is 1. The lowest BCUT2D eigenvalue weighted by molar-refractivity contribution is 0.124. The van der Waals surface area contributed by atoms with Crippen molar-refractivity contribution in [1.82, 2.24) is 10.6 Å². The van der Waals surface area contributed by atoms with Gasteiger partial charge in [-0.15, -0.1) is 0 Å². The summed E-state index contributed by atoms with van der Waals surface area (Å²) in [6.07, 6.45) is 1.48. The Kier molecular flexibility index (Phi) is 5.95. The highest BCUT2D eigenvalue weighted by atomic mass is 35.5. The molecule has 1 atom stereocenters. The van der Waals surface area contributed by atoms with Gasteiger partial charge in [0.25, 0.3) is 0 Å². The van der Waals surface area contributed by atoms with Crippen molar-refractivity contribution in [2.45, 2.75) is 44.5 Å². The second-order valence-electron chi connectivity index (χ2n) is 6.51. The molecule has 0 aliphatic heterocycles. The monoisotopic (exact) mass is 358 g/mol. The van der Waals surface area contributed by atoms with E-state index in [1.807, 2.05) is 54.6 Å². The van der Waals surface area contributed by atoms with E-state index in [2.05, 4.69) is 17.6 Å². The van der Waals surface area contributed by atoms with E-state index < -0.39 is 0 Å². The maximum absolute atomic E-state index is 11.8. The highest BCUT2D eigenvalue weighted by Crippen LogP contribution is 2.24. The average molecular weight is 359 g/mol. The van der Waals surface area contributed by atoms with Crippen LogP contribution in [-0.2, 0) is 11.3 Å². The van der Waals surface area contributed by atoms with E-state index >= 15 is 0 Å². The zero-order chi connectivity index (χ0) is 17.6. The van der Waals surface area contributed by atoms with Gasteiger partial charge >= 0.3 is 6.09 Å². The van der Waals surface area contributed by atoms with Gasteiger partial charge in [0, 0.05) is 23.1 Å². The van der Waals surface area contributed by atoms with E-state index in [1.54, 1.807) is 0 Å². The zero-order valence-electron chi connectivity index (χ0n) is 14.2. The van der Waals surface area contributed by atoms with Crippen LogP contribution in [0.2, 0.25) is 5.02 Å². The summed E-state index contributed by atoms with van der Waals surface area (Å²) in [6.45, 7) is 2.44. The highest BCUT2D eigenvalue weighted by molar-refractivity contribution is 6.30. The largest absolute Gasteiger partial charge is 0.445 e. The molecule has 2 N–H and O–H groups in total. The summed E-state index contributed by atoms with van der Waals surface area (Å²) in [6, 6.07) is 18.4. The Labute approximate surface area is 153 Å². The molecule has 1 aliphatic carbocycles. The summed E-state index contributed by atoms with van der Waals surface area (Å²) in [4.78, 5) is 11.8. The Morgan fingerprint density at radius 2 is 1.80 bits per heavy atom. The number of ether oxygens (including phenoxy) is 1. The van der Waals surface area contributed by atoms with Crippen LogP contribution >= 0.6 is 11.6 Å². The van der Waals surface area contributed by atoms with Gasteiger partial charge in [0.1, 0.15) is 6.61 Å². The van der Waals surface area contributed by atoms with Crippen LogP contribution in [0.5, 0.6) is 0 Å². The minimum Gasteiger partial charge on any atom is -0.445 e. The molecular weight excluding hydrogens is 336 g/mol. The molecule has 4 nitrogen and oxygen atoms in total. The van der Waals surface area contributed by atoms with E-state index in [-0.39, 0.29) is 18.2 Å². The lowest BCUT2D eigenvalue weighted by Crippen LogP contribution is -2.52. The van der Waals surface area contributed by atoms with Gasteiger partial charge < -0.3 is 15.4 Å². The van der Waals surface area contributed by atoms with E-state index in [0.29, 0.717) is 12.6 Å². The van der Waals surface area contributed by atoms with E-state index in [9.17, 15) is 4.79 Å². The SMILES string of the molecule is C[C@H](NC1CC(NC(=O)OCc2ccccc2)C1)c1ccc(Cl)cc1. The molecule has 0 bridgehead atoms. The Balaban J connectivity index is 1.35. The van der Waals surface area contributed by atoms with Crippen LogP contribution in [0.1, 0.15) is 36.9 Å². The number of hydrogen-bond donors (Lipinski definition) is 2. The maximum Gasteiger partial charge on any atom is 0.407 e. The van der Waals surface area contributed by atoms with Gasteiger partial charge in [0.15, 0.2) is 0 Å². The fourth-order valence-electron chi connectivity index (χ4n) is 3.00. The lowest BCUT2D eigenvalue weighted by Gasteiger charge is -2.38. The second-order valence-corrected chi connectivity index (χ2v) is 6.95. The van der Waals surface area contributed by atoms with Crippen molar-refractivity contribution in [2.75, 3.05) is 0 Å². The fourth-order valence-corrected chi connectivity index (χ4v) is 3.13. The summed E-state index contributed by atoms with van der Waals surface area (Å²) in [5.41, 5.74) is 2.20. The maximum atomic E-state index is 11.8. The van der Waals surface area contributed by atoms with Crippen LogP contribution in [0.3, 0.4) is 0 Å². The molecule has 1 fully saturated rings. The van der Waals surface area contributed by atoms with Crippen LogP contribution in [0, 0.1) is 0 Å². The predicted octanol–water partition coefficient (Wildman–Crippen LogP) is 4.45. The Bertz CT molecular complexity index is 685. The Morgan fingerprint density at radius 3 is 2.48 bits per heavy atom. The van der Waals surface area contributed by atoms with E-state index in [1.165, 1.54) is 5.56 Å². The molecule has 0 saturated heterocycles. The van der Waals surface area contributed by atoms with Gasteiger partial charge in [-0.3, -0.25) is 0 Å². The first-order valence-electron chi connectivity index (χ1n) is 8.59. The van der Waals surface area contributed by atoms with Gasteiger partial charge in [0.05, 0.1) is 0 Å². The first-order valence-corrected chi connectivity index (χ1v) is 8.96. The lowest BCUT2D eigenvalue weighted by atomic mass is 9.86. The molecule has 1 amide bonds. The van der Waals surface area contributed by atoms with Gasteiger partial charge in [-0.1, -0.05) is 54.1 Å². The molecule has 0 unspecified atom stereocenters. The minimum atomic E-state index is -0.349. The van der Waals surface area contributed by atoms with Crippen molar-refractivity contribution < 1.29 is 9.53 Å². The molecular formula is C20H23ClN2O2. The third kappa shape index (κ3) is 5.21. The van der Waals surface area contributed by atoms with Gasteiger partial charge in [-0.2, -0.15) is 0 Å². The molecule has 25 heavy (non-hydrogen) atoms. The number of nitrogens with one attached hydrogen (secondary N) is 2. The van der Waals surface area contributed by atoms with Crippen molar-refractivity contribution in [3.8, 4) is 0 Å². The Morgan fingerprint density at radius 1 is 1.12 bits per heavy atom. The molecule has 132 valence electrons. The fraction of sp³-hybridized carbons (Fsp3) is 0.350. The van der Waals surface area contributed by atoms with E-state index in [4.69, 9.17) is 16.3 Å². The van der Waals surface area contributed by atoms with E-state index in [0.717, 1.165) is 23.4 Å². The van der Waals surface area contributed by atoms with Crippen molar-refractivity contribution in [1.29, 1.82) is 0 Å². The summed E-state index contributed by atoms with van der Waals surface area (Å²) in [5, 5.41) is 7.24. The topological polar surface area (TPSA) is 50.4 Å². The number of halogens is 1. The summed E-state index contributed by atoms with van der Waals surface area (Å²) in [5.74, 6) is 0. The van der Waals surface area contributed by atoms with Crippen LogP contribution in [-0.4, -0.2) is 18.2 Å². The van der Waals surface area contributed by atoms with Crippen LogP contribution in [0.4, 0.5) is 4.79 Å². The van der Waals surface area contributed by atoms with Crippen molar-refractivity contribution in [2.24, 2.45) is 0 Å². The number of alkyl carbamates (subject to hydrolysis) is 1. The Hall–Kier alpha value is -2.04. The van der Waals surface area contributed by atoms with Crippen molar-refractivity contribution >= 4 is 17.7 Å². The smallest absolute Gasteiger partial charge is 0.407 e. The number of amides is 1. The van der Waals surface area contributed by atoms with Gasteiger partial charge in [-0.05, 0) is 43.0 Å². The summed E-state index contributed by atoms with van der Waals surface area (Å²) in [7, 11) is 0. The van der Waals surface area contributed by atoms with Crippen molar-refractivity contribution in [3.63, 3.8) is 0 Å². The standard InChI is InChI=1S/C20H23ClN2O2/c1-14(16-7-9-17(21)10-8-16)22-18-11-19(12-18)23-20(24)25-13-15-5-3-2-4-6-15/h2-10,14,18-19,22H,11-13H2,1H3,(H,23,24)/t14-,18?,19?/m0/s1. The number of carbonyl (C=O) groups is 1. The first-order chi connectivity index (χ1) is 12.1. The summed E-state index contributed by atoms with van der Waals surface area (Å²) >= 11 is 5.92. The van der Waals surface area contributed by atoms with Crippen LogP contribution in [0.15, 0.2) is 54.6 Å². The minimum absolute atomic E-state index is 0.179. The highest BCUT2D eigenvalue weighted by Gasteiger charge is 2.31. The quantitative estimate of drug-likeness (QED) is 0.802.